The van der Waals surface area contributed by atoms with Crippen molar-refractivity contribution in [3.63, 3.8) is 0 Å². The molecule has 0 radical (unpaired) electrons. The van der Waals surface area contributed by atoms with Gasteiger partial charge in [-0.1, -0.05) is 54.9 Å². The number of amides is 3. The molecule has 0 saturated heterocycles. The summed E-state index contributed by atoms with van der Waals surface area (Å²) in [4.78, 5) is 32.5. The summed E-state index contributed by atoms with van der Waals surface area (Å²) < 4.78 is 24.7. The Kier molecular flexibility index (Phi) is 9.30. The second-order valence-electron chi connectivity index (χ2n) is 10.6. The van der Waals surface area contributed by atoms with Gasteiger partial charge in [0.05, 0.1) is 21.7 Å². The van der Waals surface area contributed by atoms with Crippen molar-refractivity contribution in [2.24, 2.45) is 16.1 Å². The Morgan fingerprint density at radius 3 is 2.39 bits per heavy atom. The van der Waals surface area contributed by atoms with Crippen LogP contribution in [-0.4, -0.2) is 37.6 Å². The van der Waals surface area contributed by atoms with Gasteiger partial charge in [-0.3, -0.25) is 20.3 Å². The van der Waals surface area contributed by atoms with E-state index in [0.29, 0.717) is 32.5 Å². The van der Waals surface area contributed by atoms with E-state index in [9.17, 15) is 18.0 Å². The number of hydrogen-bond acceptors (Lipinski definition) is 8. The fourth-order valence-corrected chi connectivity index (χ4v) is 6.82. The molecule has 1 heterocycles. The molecule has 6 N–H and O–H groups in total. The molecule has 1 fully saturated rings. The average molecular weight is 634 g/mol. The summed E-state index contributed by atoms with van der Waals surface area (Å²) in [5.74, 6) is 4.98. The van der Waals surface area contributed by atoms with E-state index >= 15 is 0 Å². The van der Waals surface area contributed by atoms with Gasteiger partial charge in [0.15, 0.2) is 15.0 Å². The van der Waals surface area contributed by atoms with Crippen molar-refractivity contribution in [1.82, 2.24) is 10.3 Å². The molecule has 0 atom stereocenters. The molecular formula is C30H33N8O4S2+. The predicted octanol–water partition coefficient (Wildman–Crippen LogP) is 4.16. The first-order valence-electron chi connectivity index (χ1n) is 14.0. The fourth-order valence-electron chi connectivity index (χ4n) is 5.21. The topological polar surface area (TPSA) is 185 Å². The molecular weight excluding hydrogens is 601 g/mol. The van der Waals surface area contributed by atoms with Gasteiger partial charge in [0, 0.05) is 22.6 Å². The van der Waals surface area contributed by atoms with E-state index in [1.54, 1.807) is 41.3 Å². The summed E-state index contributed by atoms with van der Waals surface area (Å²) >= 11 is 1.20. The van der Waals surface area contributed by atoms with Gasteiger partial charge < -0.3 is 5.84 Å². The highest BCUT2D eigenvalue weighted by molar-refractivity contribution is 7.90. The number of carbonyl (C=O) groups excluding carboxylic acids is 2. The van der Waals surface area contributed by atoms with Gasteiger partial charge in [0.2, 0.25) is 0 Å². The molecule has 3 amide bonds. The molecule has 228 valence electrons. The van der Waals surface area contributed by atoms with Crippen molar-refractivity contribution in [2.45, 2.75) is 49.5 Å². The minimum absolute atomic E-state index is 0.187. The average Bonchev–Trinajstić information content (AvgIpc) is 3.44. The van der Waals surface area contributed by atoms with Gasteiger partial charge in [0.1, 0.15) is 0 Å². The van der Waals surface area contributed by atoms with E-state index in [4.69, 9.17) is 11.4 Å². The van der Waals surface area contributed by atoms with Crippen molar-refractivity contribution in [3.05, 3.63) is 83.4 Å². The molecule has 14 heteroatoms. The van der Waals surface area contributed by atoms with Crippen LogP contribution in [0.25, 0.3) is 10.2 Å². The molecule has 1 aliphatic carbocycles. The van der Waals surface area contributed by atoms with Gasteiger partial charge in [-0.15, -0.1) is 10.6 Å². The Morgan fingerprint density at radius 2 is 1.75 bits per heavy atom. The first kappa shape index (κ1) is 30.8. The van der Waals surface area contributed by atoms with Gasteiger partial charge >= 0.3 is 12.0 Å². The number of guanidine groups is 1. The number of urea groups is 1. The number of hydrazone groups is 1. The minimum atomic E-state index is -3.38. The molecule has 1 aromatic heterocycles. The summed E-state index contributed by atoms with van der Waals surface area (Å²) in [6.45, 7) is 0.202. The Labute approximate surface area is 258 Å². The van der Waals surface area contributed by atoms with Crippen LogP contribution in [0.2, 0.25) is 0 Å². The molecule has 0 spiro atoms. The van der Waals surface area contributed by atoms with Crippen LogP contribution < -0.4 is 26.9 Å². The lowest BCUT2D eigenvalue weighted by Crippen LogP contribution is -2.37. The van der Waals surface area contributed by atoms with Crippen LogP contribution in [0.3, 0.4) is 0 Å². The third-order valence-corrected chi connectivity index (χ3v) is 9.60. The maximum Gasteiger partial charge on any atom is 0.328 e. The molecule has 0 aliphatic heterocycles. The zero-order valence-corrected chi connectivity index (χ0v) is 25.7. The zero-order valence-electron chi connectivity index (χ0n) is 24.1. The highest BCUT2D eigenvalue weighted by atomic mass is 32.2. The Hall–Kier alpha value is -4.69. The molecule has 12 nitrogen and oxygen atoms in total. The molecule has 44 heavy (non-hydrogen) atoms. The number of fused-ring (bicyclic) bond motifs is 1. The van der Waals surface area contributed by atoms with Gasteiger partial charge in [-0.05, 0) is 72.4 Å². The summed E-state index contributed by atoms with van der Waals surface area (Å²) in [6, 6.07) is 19.1. The highest BCUT2D eigenvalue weighted by Gasteiger charge is 2.21. The van der Waals surface area contributed by atoms with Crippen LogP contribution in [0.5, 0.6) is 0 Å². The summed E-state index contributed by atoms with van der Waals surface area (Å²) in [5.41, 5.74) is 8.79. The lowest BCUT2D eigenvalue weighted by molar-refractivity contribution is -0.207. The number of aromatic nitrogens is 1. The first-order chi connectivity index (χ1) is 21.1. The van der Waals surface area contributed by atoms with Crippen LogP contribution in [0.4, 0.5) is 15.6 Å². The standard InChI is InChI=1S/C30H32N8O4S2/c1-44(41,42)24-15-16-25-26(17-24)43-29(33-25)35-30(40)38(23-13-11-21(12-14-23)20-5-3-2-4-6-20)18-19-7-9-22(10-8-19)27(39)34-28(36-31)37-32/h7-17,20,31H,2-6,18,32H2,1H3,(H,33,35,40)(H,34,37,39)/p+1. The van der Waals surface area contributed by atoms with Crippen LogP contribution in [0, 0.1) is 0 Å². The number of nitrogens with one attached hydrogen (secondary N) is 2. The van der Waals surface area contributed by atoms with E-state index < -0.39 is 21.8 Å². The van der Waals surface area contributed by atoms with Gasteiger partial charge in [-0.2, -0.15) is 0 Å². The summed E-state index contributed by atoms with van der Waals surface area (Å²) in [6.07, 6.45) is 7.21. The largest absolute Gasteiger partial charge is 0.328 e. The van der Waals surface area contributed by atoms with E-state index in [1.165, 1.54) is 55.1 Å². The van der Waals surface area contributed by atoms with Crippen LogP contribution in [0.1, 0.15) is 59.5 Å². The predicted molar refractivity (Wildman–Crippen MR) is 170 cm³/mol. The van der Waals surface area contributed by atoms with Crippen LogP contribution in [0.15, 0.2) is 81.8 Å². The molecule has 0 unspecified atom stereocenters. The van der Waals surface area contributed by atoms with E-state index in [1.807, 2.05) is 12.1 Å². The summed E-state index contributed by atoms with van der Waals surface area (Å²) in [5, 5.41) is 12.2. The number of thiazole rings is 1. The normalized spacial score (nSPS) is 14.2. The van der Waals surface area contributed by atoms with Crippen molar-refractivity contribution < 1.29 is 23.5 Å². The molecule has 5 rings (SSSR count). The van der Waals surface area contributed by atoms with E-state index in [-0.39, 0.29) is 17.4 Å². The number of benzene rings is 3. The second kappa shape index (κ2) is 13.3. The number of hydrogen-bond donors (Lipinski definition) is 4. The number of rotatable bonds is 7. The highest BCUT2D eigenvalue weighted by Crippen LogP contribution is 2.34. The maximum absolute atomic E-state index is 13.7. The fraction of sp³-hybridized carbons (Fsp3) is 0.267. The van der Waals surface area contributed by atoms with Crippen LogP contribution >= 0.6 is 11.3 Å². The first-order valence-corrected chi connectivity index (χ1v) is 16.7. The van der Waals surface area contributed by atoms with E-state index in [0.717, 1.165) is 11.8 Å². The van der Waals surface area contributed by atoms with Crippen molar-refractivity contribution >= 4 is 60.1 Å². The number of nitrogens with zero attached hydrogens (tertiary/aromatic N) is 4. The van der Waals surface area contributed by atoms with E-state index in [2.05, 4.69) is 38.0 Å². The number of anilines is 2. The Bertz CT molecular complexity index is 1810. The second-order valence-corrected chi connectivity index (χ2v) is 13.6. The van der Waals surface area contributed by atoms with Crippen molar-refractivity contribution in [3.8, 4) is 0 Å². The molecule has 1 saturated carbocycles. The zero-order chi connectivity index (χ0) is 31.3. The monoisotopic (exact) mass is 633 g/mol. The molecule has 4 aromatic rings. The molecule has 1 aliphatic rings. The third kappa shape index (κ3) is 7.26. The van der Waals surface area contributed by atoms with Crippen LogP contribution in [-0.2, 0) is 16.4 Å². The SMILES string of the molecule is CS(=O)(=O)c1ccc2nc(NC(=O)N(Cc3ccc(C(=O)N/C(N=[NH2+])=N/N)cc3)c3ccc(C4CCCCC4)cc3)sc2c1. The summed E-state index contributed by atoms with van der Waals surface area (Å²) in [7, 11) is -3.38. The number of carbonyl (C=O) groups is 2. The Balaban J connectivity index is 1.39. The Morgan fingerprint density at radius 1 is 1.05 bits per heavy atom. The van der Waals surface area contributed by atoms with Crippen molar-refractivity contribution in [2.75, 3.05) is 16.5 Å². The maximum atomic E-state index is 13.7. The number of sulfone groups is 1. The lowest BCUT2D eigenvalue weighted by atomic mass is 9.84. The molecule has 0 bridgehead atoms. The smallest absolute Gasteiger partial charge is 0.320 e. The van der Waals surface area contributed by atoms with Gasteiger partial charge in [0.25, 0.3) is 5.91 Å². The van der Waals surface area contributed by atoms with Crippen molar-refractivity contribution in [1.29, 1.82) is 0 Å². The molecule has 3 aromatic carbocycles. The third-order valence-electron chi connectivity index (χ3n) is 7.56. The lowest BCUT2D eigenvalue weighted by Gasteiger charge is -2.25. The minimum Gasteiger partial charge on any atom is -0.320 e. The quantitative estimate of drug-likeness (QED) is 0.0778. The number of nitrogens with two attached hydrogens (primary N) is 2. The van der Waals surface area contributed by atoms with Gasteiger partial charge in [-0.25, -0.2) is 18.2 Å².